The van der Waals surface area contributed by atoms with E-state index < -0.39 is 17.7 Å². The van der Waals surface area contributed by atoms with E-state index in [0.29, 0.717) is 49.6 Å². The van der Waals surface area contributed by atoms with Gasteiger partial charge in [-0.2, -0.15) is 0 Å². The number of ether oxygens (including phenoxy) is 2. The van der Waals surface area contributed by atoms with Crippen LogP contribution in [0.4, 0.5) is 5.69 Å². The Balaban J connectivity index is 1.81. The largest absolute Gasteiger partial charge is 0.508 e. The lowest BCUT2D eigenvalue weighted by molar-refractivity contribution is -0.140. The van der Waals surface area contributed by atoms with Crippen LogP contribution in [0, 0.1) is 0 Å². The van der Waals surface area contributed by atoms with Crippen molar-refractivity contribution >= 4 is 23.1 Å². The molecule has 168 valence electrons. The number of anilines is 1. The molecule has 1 fully saturated rings. The van der Waals surface area contributed by atoms with Gasteiger partial charge in [0.1, 0.15) is 23.9 Å². The number of amides is 1. The van der Waals surface area contributed by atoms with Crippen molar-refractivity contribution in [2.24, 2.45) is 0 Å². The summed E-state index contributed by atoms with van der Waals surface area (Å²) in [6.45, 7) is 2.00. The van der Waals surface area contributed by atoms with Crippen molar-refractivity contribution in [1.29, 1.82) is 0 Å². The molecule has 1 amide bonds. The Kier molecular flexibility index (Phi) is 6.05. The molecule has 0 radical (unpaired) electrons. The van der Waals surface area contributed by atoms with Crippen molar-refractivity contribution in [1.82, 2.24) is 4.90 Å². The lowest BCUT2D eigenvalue weighted by atomic mass is 9.95. The second-order valence-electron chi connectivity index (χ2n) is 7.88. The van der Waals surface area contributed by atoms with E-state index in [4.69, 9.17) is 9.47 Å². The van der Waals surface area contributed by atoms with E-state index in [1.807, 2.05) is 11.9 Å². The van der Waals surface area contributed by atoms with Crippen LogP contribution in [0.1, 0.15) is 23.6 Å². The number of phenols is 1. The summed E-state index contributed by atoms with van der Waals surface area (Å²) in [7, 11) is 3.50. The van der Waals surface area contributed by atoms with Crippen molar-refractivity contribution in [2.45, 2.75) is 12.5 Å². The summed E-state index contributed by atoms with van der Waals surface area (Å²) < 4.78 is 10.8. The number of methoxy groups -OCH3 is 1. The maximum absolute atomic E-state index is 13.0. The minimum Gasteiger partial charge on any atom is -0.508 e. The summed E-state index contributed by atoms with van der Waals surface area (Å²) in [5.41, 5.74) is 1.88. The molecule has 0 aliphatic carbocycles. The molecule has 0 saturated carbocycles. The monoisotopic (exact) mass is 438 g/mol. The van der Waals surface area contributed by atoms with Crippen LogP contribution in [0.15, 0.2) is 48.0 Å². The second-order valence-corrected chi connectivity index (χ2v) is 7.88. The highest BCUT2D eigenvalue weighted by atomic mass is 16.5. The smallest absolute Gasteiger partial charge is 0.295 e. The number of likely N-dealkylation sites (tertiary alicyclic amines) is 1. The zero-order valence-electron chi connectivity index (χ0n) is 18.1. The van der Waals surface area contributed by atoms with E-state index in [0.717, 1.165) is 5.69 Å². The molecular weight excluding hydrogens is 412 g/mol. The van der Waals surface area contributed by atoms with Gasteiger partial charge >= 0.3 is 0 Å². The van der Waals surface area contributed by atoms with Crippen molar-refractivity contribution in [2.75, 3.05) is 45.4 Å². The minimum absolute atomic E-state index is 0.0254. The second kappa shape index (κ2) is 8.92. The number of carbonyl (C=O) groups is 2. The molecule has 2 aromatic carbocycles. The summed E-state index contributed by atoms with van der Waals surface area (Å²) in [4.78, 5) is 29.4. The van der Waals surface area contributed by atoms with Crippen LogP contribution < -0.4 is 9.64 Å². The Labute approximate surface area is 186 Å². The third-order valence-corrected chi connectivity index (χ3v) is 5.82. The first-order valence-electron chi connectivity index (χ1n) is 10.5. The van der Waals surface area contributed by atoms with E-state index in [-0.39, 0.29) is 17.1 Å². The quantitative estimate of drug-likeness (QED) is 0.310. The Morgan fingerprint density at radius 3 is 2.66 bits per heavy atom. The number of phenolic OH excluding ortho intramolecular Hbond substituents is 1. The maximum atomic E-state index is 13.0. The van der Waals surface area contributed by atoms with Gasteiger partial charge in [0.2, 0.25) is 0 Å². The van der Waals surface area contributed by atoms with Gasteiger partial charge in [0.15, 0.2) is 0 Å². The number of carbonyl (C=O) groups excluding carboxylic acids is 2. The number of fused-ring (bicyclic) bond motifs is 1. The van der Waals surface area contributed by atoms with Gasteiger partial charge in [-0.1, -0.05) is 12.1 Å². The zero-order chi connectivity index (χ0) is 22.8. The highest BCUT2D eigenvalue weighted by molar-refractivity contribution is 6.46. The molecule has 8 heteroatoms. The molecule has 1 atom stereocenters. The topological polar surface area (TPSA) is 99.5 Å². The van der Waals surface area contributed by atoms with Crippen LogP contribution in [-0.4, -0.2) is 67.3 Å². The van der Waals surface area contributed by atoms with Crippen molar-refractivity contribution in [3.63, 3.8) is 0 Å². The Morgan fingerprint density at radius 2 is 1.94 bits per heavy atom. The molecular formula is C24H26N2O6. The van der Waals surface area contributed by atoms with Crippen LogP contribution >= 0.6 is 0 Å². The number of aliphatic hydroxyl groups is 1. The summed E-state index contributed by atoms with van der Waals surface area (Å²) >= 11 is 0. The first kappa shape index (κ1) is 21.7. The number of Topliss-reactive ketones (excluding diaryl/α,β-unsaturated/α-hetero) is 1. The minimum atomic E-state index is -0.766. The van der Waals surface area contributed by atoms with E-state index >= 15 is 0 Å². The van der Waals surface area contributed by atoms with E-state index in [9.17, 15) is 19.8 Å². The van der Waals surface area contributed by atoms with E-state index in [1.54, 1.807) is 37.4 Å². The molecule has 1 saturated heterocycles. The number of hydrogen-bond donors (Lipinski definition) is 2. The van der Waals surface area contributed by atoms with E-state index in [1.165, 1.54) is 17.0 Å². The van der Waals surface area contributed by atoms with E-state index in [2.05, 4.69) is 0 Å². The molecule has 0 bridgehead atoms. The molecule has 2 N–H and O–H groups in total. The summed E-state index contributed by atoms with van der Waals surface area (Å²) in [5, 5.41) is 20.9. The van der Waals surface area contributed by atoms with Crippen molar-refractivity contribution < 1.29 is 29.3 Å². The molecule has 2 aliphatic rings. The van der Waals surface area contributed by atoms with Gasteiger partial charge in [0, 0.05) is 32.9 Å². The molecule has 1 unspecified atom stereocenters. The number of ketones is 1. The van der Waals surface area contributed by atoms with Crippen molar-refractivity contribution in [3.05, 3.63) is 59.2 Å². The lowest BCUT2D eigenvalue weighted by Gasteiger charge is -2.28. The van der Waals surface area contributed by atoms with Gasteiger partial charge in [-0.15, -0.1) is 0 Å². The molecule has 4 rings (SSSR count). The molecule has 8 nitrogen and oxygen atoms in total. The number of nitrogens with zero attached hydrogens (tertiary/aromatic N) is 2. The van der Waals surface area contributed by atoms with Gasteiger partial charge in [-0.25, -0.2) is 0 Å². The van der Waals surface area contributed by atoms with Gasteiger partial charge in [0.25, 0.3) is 11.7 Å². The first-order chi connectivity index (χ1) is 15.4. The van der Waals surface area contributed by atoms with Crippen LogP contribution in [0.2, 0.25) is 0 Å². The maximum Gasteiger partial charge on any atom is 0.295 e. The Hall–Kier alpha value is -3.52. The Morgan fingerprint density at radius 1 is 1.19 bits per heavy atom. The molecule has 2 aromatic rings. The van der Waals surface area contributed by atoms with Crippen LogP contribution in [-0.2, 0) is 14.3 Å². The number of aliphatic hydroxyl groups excluding tert-OH is 1. The third kappa shape index (κ3) is 3.89. The predicted molar refractivity (Wildman–Crippen MR) is 119 cm³/mol. The highest BCUT2D eigenvalue weighted by Gasteiger charge is 2.45. The molecule has 2 heterocycles. The first-order valence-corrected chi connectivity index (χ1v) is 10.5. The van der Waals surface area contributed by atoms with Crippen molar-refractivity contribution in [3.8, 4) is 11.5 Å². The molecule has 32 heavy (non-hydrogen) atoms. The summed E-state index contributed by atoms with van der Waals surface area (Å²) in [6.07, 6.45) is 0.541. The molecule has 2 aliphatic heterocycles. The summed E-state index contributed by atoms with van der Waals surface area (Å²) in [6, 6.07) is 10.7. The highest BCUT2D eigenvalue weighted by Crippen LogP contribution is 2.41. The van der Waals surface area contributed by atoms with Crippen LogP contribution in [0.5, 0.6) is 11.5 Å². The van der Waals surface area contributed by atoms with Crippen LogP contribution in [0.25, 0.3) is 5.76 Å². The van der Waals surface area contributed by atoms with Gasteiger partial charge in [0.05, 0.1) is 23.8 Å². The standard InChI is InChI=1S/C24H26N2O6/c1-25-11-13-32-19-9-6-16(14-18(19)25)22(28)20-21(15-4-7-17(27)8-5-15)26(10-3-12-31-2)24(30)23(20)29/h4-9,14,21,27-28H,3,10-13H2,1-2H3/b22-20-. The Bertz CT molecular complexity index is 1060. The number of aromatic hydroxyl groups is 1. The number of rotatable bonds is 6. The number of benzene rings is 2. The fourth-order valence-corrected chi connectivity index (χ4v) is 4.15. The lowest BCUT2D eigenvalue weighted by Crippen LogP contribution is -2.31. The zero-order valence-corrected chi connectivity index (χ0v) is 18.1. The molecule has 0 spiro atoms. The normalized spacial score (nSPS) is 19.8. The average Bonchev–Trinajstić information content (AvgIpc) is 3.04. The summed E-state index contributed by atoms with van der Waals surface area (Å²) in [5.74, 6) is -0.870. The fourth-order valence-electron chi connectivity index (χ4n) is 4.15. The number of likely N-dealkylation sites (N-methyl/N-ethyl adjacent to an activating group) is 1. The fraction of sp³-hybridized carbons (Fsp3) is 0.333. The number of hydrogen-bond acceptors (Lipinski definition) is 7. The van der Waals surface area contributed by atoms with Crippen LogP contribution in [0.3, 0.4) is 0 Å². The average molecular weight is 438 g/mol. The van der Waals surface area contributed by atoms with Gasteiger partial charge in [-0.3, -0.25) is 9.59 Å². The van der Waals surface area contributed by atoms with Gasteiger partial charge < -0.3 is 29.5 Å². The SMILES string of the molecule is COCCCN1C(=O)C(=O)/C(=C(\O)c2ccc3c(c2)N(C)CCO3)C1c1ccc(O)cc1. The predicted octanol–water partition coefficient (Wildman–Crippen LogP) is 2.68. The third-order valence-electron chi connectivity index (χ3n) is 5.82. The van der Waals surface area contributed by atoms with Gasteiger partial charge in [-0.05, 0) is 42.3 Å². The molecule has 0 aromatic heterocycles.